The van der Waals surface area contributed by atoms with E-state index in [0.29, 0.717) is 29.7 Å². The SMILES string of the molecule is COc1cccc2cc(C(=O)C3=C(O)C(=O)N(CCCN(C)C)[C@H]3c3ccc(C(C)(C)C)cc3)oc12. The number of hydrogen-bond donors (Lipinski definition) is 1. The lowest BCUT2D eigenvalue weighted by molar-refractivity contribution is -0.129. The van der Waals surface area contributed by atoms with Crippen LogP contribution < -0.4 is 4.74 Å². The van der Waals surface area contributed by atoms with Gasteiger partial charge in [-0.2, -0.15) is 0 Å². The zero-order valence-corrected chi connectivity index (χ0v) is 21.8. The Kier molecular flexibility index (Phi) is 6.96. The van der Waals surface area contributed by atoms with E-state index in [1.807, 2.05) is 55.4 Å². The number of fused-ring (bicyclic) bond motifs is 1. The molecule has 2 heterocycles. The summed E-state index contributed by atoms with van der Waals surface area (Å²) < 4.78 is 11.2. The predicted molar refractivity (Wildman–Crippen MR) is 140 cm³/mol. The Hall–Kier alpha value is -3.58. The zero-order chi connectivity index (χ0) is 26.2. The second kappa shape index (κ2) is 9.82. The van der Waals surface area contributed by atoms with Gasteiger partial charge in [-0.3, -0.25) is 9.59 Å². The lowest BCUT2D eigenvalue weighted by atomic mass is 9.85. The van der Waals surface area contributed by atoms with E-state index in [4.69, 9.17) is 9.15 Å². The number of methoxy groups -OCH3 is 1. The number of benzene rings is 2. The van der Waals surface area contributed by atoms with Gasteiger partial charge in [0.2, 0.25) is 5.78 Å². The van der Waals surface area contributed by atoms with Gasteiger partial charge in [-0.15, -0.1) is 0 Å². The van der Waals surface area contributed by atoms with Crippen LogP contribution in [0.5, 0.6) is 5.75 Å². The number of carbonyl (C=O) groups is 2. The van der Waals surface area contributed by atoms with Gasteiger partial charge in [0.05, 0.1) is 18.7 Å². The van der Waals surface area contributed by atoms with Crippen molar-refractivity contribution in [1.29, 1.82) is 0 Å². The number of nitrogens with zero attached hydrogens (tertiary/aromatic N) is 2. The topological polar surface area (TPSA) is 83.2 Å². The summed E-state index contributed by atoms with van der Waals surface area (Å²) >= 11 is 0. The van der Waals surface area contributed by atoms with E-state index < -0.39 is 23.5 Å². The minimum atomic E-state index is -0.712. The molecule has 2 aromatic carbocycles. The largest absolute Gasteiger partial charge is 0.503 e. The zero-order valence-electron chi connectivity index (χ0n) is 21.8. The molecule has 7 heteroatoms. The van der Waals surface area contributed by atoms with Crippen LogP contribution in [0.25, 0.3) is 11.0 Å². The van der Waals surface area contributed by atoms with Crippen LogP contribution in [-0.4, -0.2) is 60.9 Å². The van der Waals surface area contributed by atoms with Crippen molar-refractivity contribution in [2.45, 2.75) is 38.6 Å². The predicted octanol–water partition coefficient (Wildman–Crippen LogP) is 5.27. The summed E-state index contributed by atoms with van der Waals surface area (Å²) in [6.45, 7) is 7.56. The molecule has 0 saturated heterocycles. The van der Waals surface area contributed by atoms with Crippen molar-refractivity contribution >= 4 is 22.7 Å². The first-order valence-corrected chi connectivity index (χ1v) is 12.1. The quantitative estimate of drug-likeness (QED) is 0.433. The molecule has 3 aromatic rings. The molecule has 0 aliphatic carbocycles. The molecule has 1 atom stereocenters. The Morgan fingerprint density at radius 2 is 1.83 bits per heavy atom. The number of aliphatic hydroxyl groups is 1. The lowest BCUT2D eigenvalue weighted by Crippen LogP contribution is -2.33. The molecule has 0 saturated carbocycles. The summed E-state index contributed by atoms with van der Waals surface area (Å²) in [7, 11) is 5.47. The van der Waals surface area contributed by atoms with E-state index in [2.05, 4.69) is 20.8 Å². The molecule has 0 radical (unpaired) electrons. The second-order valence-electron chi connectivity index (χ2n) is 10.5. The highest BCUT2D eigenvalue weighted by Gasteiger charge is 2.44. The molecular formula is C29H34N2O5. The fourth-order valence-electron chi connectivity index (χ4n) is 4.63. The molecule has 1 aromatic heterocycles. The number of ether oxygens (including phenoxy) is 1. The molecule has 1 amide bonds. The highest BCUT2D eigenvalue weighted by molar-refractivity contribution is 6.16. The van der Waals surface area contributed by atoms with Crippen molar-refractivity contribution in [2.24, 2.45) is 0 Å². The van der Waals surface area contributed by atoms with Crippen LogP contribution in [0, 0.1) is 0 Å². The van der Waals surface area contributed by atoms with Crippen molar-refractivity contribution in [3.05, 3.63) is 76.8 Å². The lowest BCUT2D eigenvalue weighted by Gasteiger charge is -2.28. The third-order valence-electron chi connectivity index (χ3n) is 6.60. The number of aliphatic hydroxyl groups excluding tert-OH is 1. The standard InChI is InChI=1S/C29H34N2O5/c1-29(2,3)20-13-11-18(12-14-20)24-23(26(33)28(34)31(24)16-8-15-30(4)5)25(32)22-17-19-9-7-10-21(35-6)27(19)36-22/h7,9-14,17,24,33H,8,15-16H2,1-6H3/t24-/m0/s1. The molecule has 0 fully saturated rings. The number of furan rings is 1. The van der Waals surface area contributed by atoms with Crippen LogP contribution in [0.15, 0.2) is 64.3 Å². The first-order chi connectivity index (χ1) is 17.0. The van der Waals surface area contributed by atoms with E-state index >= 15 is 0 Å². The van der Waals surface area contributed by atoms with Crippen molar-refractivity contribution in [2.75, 3.05) is 34.3 Å². The van der Waals surface area contributed by atoms with Crippen LogP contribution in [0.3, 0.4) is 0 Å². The van der Waals surface area contributed by atoms with Crippen LogP contribution in [0.4, 0.5) is 0 Å². The van der Waals surface area contributed by atoms with Gasteiger partial charge in [0.25, 0.3) is 5.91 Å². The summed E-state index contributed by atoms with van der Waals surface area (Å²) in [5, 5.41) is 11.7. The van der Waals surface area contributed by atoms with Crippen LogP contribution >= 0.6 is 0 Å². The molecule has 1 N–H and O–H groups in total. The Balaban J connectivity index is 1.77. The molecule has 0 bridgehead atoms. The summed E-state index contributed by atoms with van der Waals surface area (Å²) in [4.78, 5) is 30.6. The van der Waals surface area contributed by atoms with Crippen molar-refractivity contribution in [3.8, 4) is 5.75 Å². The highest BCUT2D eigenvalue weighted by atomic mass is 16.5. The molecule has 36 heavy (non-hydrogen) atoms. The van der Waals surface area contributed by atoms with Gasteiger partial charge < -0.3 is 24.1 Å². The molecule has 7 nitrogen and oxygen atoms in total. The fraction of sp³-hybridized carbons (Fsp3) is 0.379. The number of ketones is 1. The molecule has 1 aliphatic heterocycles. The van der Waals surface area contributed by atoms with Gasteiger partial charge in [0, 0.05) is 11.9 Å². The van der Waals surface area contributed by atoms with Crippen molar-refractivity contribution < 1.29 is 23.8 Å². The maximum atomic E-state index is 13.8. The van der Waals surface area contributed by atoms with Gasteiger partial charge in [-0.25, -0.2) is 0 Å². The van der Waals surface area contributed by atoms with E-state index in [0.717, 1.165) is 17.7 Å². The van der Waals surface area contributed by atoms with E-state index in [-0.39, 0.29) is 16.7 Å². The van der Waals surface area contributed by atoms with Crippen molar-refractivity contribution in [1.82, 2.24) is 9.80 Å². The molecule has 0 spiro atoms. The van der Waals surface area contributed by atoms with Gasteiger partial charge in [0.15, 0.2) is 22.9 Å². The summed E-state index contributed by atoms with van der Waals surface area (Å²) in [5.41, 5.74) is 2.34. The molecule has 0 unspecified atom stereocenters. The number of rotatable bonds is 8. The number of carbonyl (C=O) groups excluding carboxylic acids is 2. The normalized spacial score (nSPS) is 16.5. The van der Waals surface area contributed by atoms with E-state index in [1.54, 1.807) is 17.0 Å². The Morgan fingerprint density at radius 1 is 1.14 bits per heavy atom. The minimum Gasteiger partial charge on any atom is -0.503 e. The molecular weight excluding hydrogens is 456 g/mol. The number of hydrogen-bond acceptors (Lipinski definition) is 6. The number of amides is 1. The van der Waals surface area contributed by atoms with Gasteiger partial charge >= 0.3 is 0 Å². The van der Waals surface area contributed by atoms with Crippen LogP contribution in [-0.2, 0) is 10.2 Å². The average molecular weight is 491 g/mol. The Labute approximate surface area is 211 Å². The maximum Gasteiger partial charge on any atom is 0.290 e. The number of para-hydroxylation sites is 1. The van der Waals surface area contributed by atoms with Gasteiger partial charge in [-0.05, 0) is 55.7 Å². The third kappa shape index (κ3) is 4.75. The van der Waals surface area contributed by atoms with Crippen LogP contribution in [0.1, 0.15) is 54.9 Å². The molecule has 4 rings (SSSR count). The summed E-state index contributed by atoms with van der Waals surface area (Å²) in [6, 6.07) is 14.2. The van der Waals surface area contributed by atoms with E-state index in [1.165, 1.54) is 7.11 Å². The monoisotopic (exact) mass is 490 g/mol. The second-order valence-corrected chi connectivity index (χ2v) is 10.5. The molecule has 1 aliphatic rings. The van der Waals surface area contributed by atoms with Crippen LogP contribution in [0.2, 0.25) is 0 Å². The maximum absolute atomic E-state index is 13.8. The Bertz CT molecular complexity index is 1310. The summed E-state index contributed by atoms with van der Waals surface area (Å²) in [5.74, 6) is -1.03. The van der Waals surface area contributed by atoms with Gasteiger partial charge in [0.1, 0.15) is 0 Å². The van der Waals surface area contributed by atoms with Gasteiger partial charge in [-0.1, -0.05) is 57.2 Å². The van der Waals surface area contributed by atoms with Crippen molar-refractivity contribution in [3.63, 3.8) is 0 Å². The van der Waals surface area contributed by atoms with E-state index in [9.17, 15) is 14.7 Å². The molecule has 190 valence electrons. The minimum absolute atomic E-state index is 0.0337. The summed E-state index contributed by atoms with van der Waals surface area (Å²) in [6.07, 6.45) is 0.700. The first kappa shape index (κ1) is 25.5. The number of Topliss-reactive ketones (excluding diaryl/α,β-unsaturated/α-hetero) is 1. The fourth-order valence-corrected chi connectivity index (χ4v) is 4.63. The average Bonchev–Trinajstić information content (AvgIpc) is 3.38. The highest BCUT2D eigenvalue weighted by Crippen LogP contribution is 2.41. The Morgan fingerprint density at radius 3 is 2.44 bits per heavy atom. The smallest absolute Gasteiger partial charge is 0.290 e. The third-order valence-corrected chi connectivity index (χ3v) is 6.60. The first-order valence-electron chi connectivity index (χ1n) is 12.1.